The predicted molar refractivity (Wildman–Crippen MR) is 151 cm³/mol. The Bertz CT molecular complexity index is 1500. The van der Waals surface area contributed by atoms with Gasteiger partial charge in [-0.2, -0.15) is 9.98 Å². The van der Waals surface area contributed by atoms with E-state index in [9.17, 15) is 4.79 Å². The van der Waals surface area contributed by atoms with Crippen molar-refractivity contribution in [1.29, 1.82) is 0 Å². The first-order valence-corrected chi connectivity index (χ1v) is 13.3. The fourth-order valence-corrected chi connectivity index (χ4v) is 4.68. The van der Waals surface area contributed by atoms with E-state index in [4.69, 9.17) is 19.0 Å². The molecule has 8 nitrogen and oxygen atoms in total. The number of carbonyl (C=O) groups excluding carboxylic acids is 1. The smallest absolute Gasteiger partial charge is 0.435 e. The zero-order chi connectivity index (χ0) is 27.6. The maximum Gasteiger partial charge on any atom is 0.435 e. The number of amidine groups is 1. The lowest BCUT2D eigenvalue weighted by atomic mass is 10.1. The highest BCUT2D eigenvalue weighted by molar-refractivity contribution is 5.90. The number of amides is 1. The number of likely N-dealkylation sites (tertiary alicyclic amines) is 1. The standard InChI is InChI=1S/C31H34N4O4/c1-20-8-10-22(11-9-20)19-37-26-15-14-23-17-25(13-12-24(23)18-26)28-33-29(39-34-28)27-7-6-16-35(27)21(2)32-30(36)38-31(3,4)5/h8-15,17-18,27H,6-7,16,19H2,1-5H3/b32-21+/t27-/m0/s1. The molecule has 1 amide bonds. The Kier molecular flexibility index (Phi) is 7.37. The molecule has 202 valence electrons. The summed E-state index contributed by atoms with van der Waals surface area (Å²) in [5.74, 6) is 2.45. The van der Waals surface area contributed by atoms with Gasteiger partial charge in [0.15, 0.2) is 0 Å². The van der Waals surface area contributed by atoms with E-state index in [1.54, 1.807) is 0 Å². The summed E-state index contributed by atoms with van der Waals surface area (Å²) in [7, 11) is 0. The van der Waals surface area contributed by atoms with Gasteiger partial charge in [0.1, 0.15) is 29.8 Å². The molecular formula is C31H34N4O4. The van der Waals surface area contributed by atoms with Crippen molar-refractivity contribution in [2.75, 3.05) is 6.54 Å². The average Bonchev–Trinajstić information content (AvgIpc) is 3.57. The van der Waals surface area contributed by atoms with E-state index < -0.39 is 11.7 Å². The molecule has 4 aromatic rings. The Morgan fingerprint density at radius 3 is 2.59 bits per heavy atom. The lowest BCUT2D eigenvalue weighted by molar-refractivity contribution is 0.0601. The lowest BCUT2D eigenvalue weighted by Gasteiger charge is -2.24. The van der Waals surface area contributed by atoms with Crippen LogP contribution in [-0.2, 0) is 11.3 Å². The molecule has 8 heteroatoms. The topological polar surface area (TPSA) is 90.0 Å². The Balaban J connectivity index is 1.28. The third-order valence-electron chi connectivity index (χ3n) is 6.64. The highest BCUT2D eigenvalue weighted by Gasteiger charge is 2.32. The van der Waals surface area contributed by atoms with Gasteiger partial charge in [0.25, 0.3) is 0 Å². The van der Waals surface area contributed by atoms with Crippen LogP contribution in [0, 0.1) is 6.92 Å². The molecule has 39 heavy (non-hydrogen) atoms. The minimum Gasteiger partial charge on any atom is -0.489 e. The van der Waals surface area contributed by atoms with Gasteiger partial charge in [0.2, 0.25) is 11.7 Å². The van der Waals surface area contributed by atoms with Gasteiger partial charge in [0.05, 0.1) is 0 Å². The summed E-state index contributed by atoms with van der Waals surface area (Å²) >= 11 is 0. The molecule has 5 rings (SSSR count). The highest BCUT2D eigenvalue weighted by Crippen LogP contribution is 2.33. The van der Waals surface area contributed by atoms with E-state index in [2.05, 4.69) is 47.4 Å². The van der Waals surface area contributed by atoms with Crippen LogP contribution in [0.25, 0.3) is 22.2 Å². The molecule has 0 N–H and O–H groups in total. The number of nitrogens with zero attached hydrogens (tertiary/aromatic N) is 4. The summed E-state index contributed by atoms with van der Waals surface area (Å²) in [6.45, 7) is 10.6. The number of aryl methyl sites for hydroxylation is 1. The van der Waals surface area contributed by atoms with E-state index in [-0.39, 0.29) is 6.04 Å². The number of ether oxygens (including phenoxy) is 2. The fraction of sp³-hybridized carbons (Fsp3) is 0.355. The molecule has 1 aliphatic heterocycles. The third kappa shape index (κ3) is 6.45. The molecular weight excluding hydrogens is 492 g/mol. The molecule has 0 radical (unpaired) electrons. The maximum absolute atomic E-state index is 12.2. The third-order valence-corrected chi connectivity index (χ3v) is 6.64. The van der Waals surface area contributed by atoms with Crippen LogP contribution < -0.4 is 4.74 Å². The summed E-state index contributed by atoms with van der Waals surface area (Å²) in [5.41, 5.74) is 2.64. The second-order valence-electron chi connectivity index (χ2n) is 10.9. The second kappa shape index (κ2) is 10.9. The molecule has 0 spiro atoms. The summed E-state index contributed by atoms with van der Waals surface area (Å²) < 4.78 is 17.0. The lowest BCUT2D eigenvalue weighted by Crippen LogP contribution is -2.30. The van der Waals surface area contributed by atoms with Crippen LogP contribution in [0.2, 0.25) is 0 Å². The monoisotopic (exact) mass is 526 g/mol. The number of hydrogen-bond donors (Lipinski definition) is 0. The number of aromatic nitrogens is 2. The van der Waals surface area contributed by atoms with Gasteiger partial charge in [-0.3, -0.25) is 0 Å². The molecule has 1 atom stereocenters. The van der Waals surface area contributed by atoms with Gasteiger partial charge in [0, 0.05) is 12.1 Å². The van der Waals surface area contributed by atoms with Gasteiger partial charge in [-0.1, -0.05) is 53.2 Å². The molecule has 3 aromatic carbocycles. The van der Waals surface area contributed by atoms with Crippen molar-refractivity contribution in [3.05, 3.63) is 77.7 Å². The summed E-state index contributed by atoms with van der Waals surface area (Å²) in [6, 6.07) is 20.4. The SMILES string of the molecule is C/C(=N\C(=O)OC(C)(C)C)N1CCC[C@H]1c1nc(-c2ccc3cc(OCc4ccc(C)cc4)ccc3c2)no1. The summed E-state index contributed by atoms with van der Waals surface area (Å²) in [6.07, 6.45) is 1.18. The number of rotatable bonds is 5. The zero-order valence-corrected chi connectivity index (χ0v) is 23.1. The Labute approximate surface area is 228 Å². The van der Waals surface area contributed by atoms with E-state index in [0.717, 1.165) is 47.0 Å². The Morgan fingerprint density at radius 1 is 1.08 bits per heavy atom. The molecule has 2 heterocycles. The molecule has 0 unspecified atom stereocenters. The van der Waals surface area contributed by atoms with Crippen LogP contribution in [0.5, 0.6) is 5.75 Å². The maximum atomic E-state index is 12.2. The summed E-state index contributed by atoms with van der Waals surface area (Å²) in [4.78, 5) is 23.1. The van der Waals surface area contributed by atoms with Crippen LogP contribution in [-0.4, -0.2) is 39.1 Å². The Morgan fingerprint density at radius 2 is 1.82 bits per heavy atom. The van der Waals surface area contributed by atoms with Crippen LogP contribution in [0.1, 0.15) is 63.6 Å². The number of benzene rings is 3. The van der Waals surface area contributed by atoms with Crippen molar-refractivity contribution in [3.8, 4) is 17.1 Å². The number of aliphatic imine (C=N–C) groups is 1. The van der Waals surface area contributed by atoms with Gasteiger partial charge in [-0.15, -0.1) is 0 Å². The van der Waals surface area contributed by atoms with Gasteiger partial charge in [-0.25, -0.2) is 4.79 Å². The van der Waals surface area contributed by atoms with Crippen LogP contribution in [0.15, 0.2) is 70.2 Å². The molecule has 0 bridgehead atoms. The number of hydrogen-bond acceptors (Lipinski definition) is 6. The Hall–Kier alpha value is -4.20. The average molecular weight is 527 g/mol. The highest BCUT2D eigenvalue weighted by atomic mass is 16.6. The largest absolute Gasteiger partial charge is 0.489 e. The van der Waals surface area contributed by atoms with E-state index in [0.29, 0.717) is 24.2 Å². The second-order valence-corrected chi connectivity index (χ2v) is 10.9. The quantitative estimate of drug-likeness (QED) is 0.200. The summed E-state index contributed by atoms with van der Waals surface area (Å²) in [5, 5.41) is 6.39. The van der Waals surface area contributed by atoms with Crippen molar-refractivity contribution in [3.63, 3.8) is 0 Å². The minimum atomic E-state index is -0.600. The van der Waals surface area contributed by atoms with Gasteiger partial charge >= 0.3 is 6.09 Å². The van der Waals surface area contributed by atoms with E-state index in [1.807, 2.05) is 62.9 Å². The molecule has 1 saturated heterocycles. The molecule has 0 saturated carbocycles. The number of carbonyl (C=O) groups is 1. The first-order valence-electron chi connectivity index (χ1n) is 13.3. The zero-order valence-electron chi connectivity index (χ0n) is 23.1. The predicted octanol–water partition coefficient (Wildman–Crippen LogP) is 7.27. The first kappa shape index (κ1) is 26.4. The number of fused-ring (bicyclic) bond motifs is 1. The molecule has 1 fully saturated rings. The van der Waals surface area contributed by atoms with Crippen molar-refractivity contribution in [1.82, 2.24) is 15.0 Å². The van der Waals surface area contributed by atoms with Crippen molar-refractivity contribution in [2.45, 2.75) is 65.7 Å². The molecule has 1 aromatic heterocycles. The van der Waals surface area contributed by atoms with Crippen molar-refractivity contribution >= 4 is 22.7 Å². The molecule has 1 aliphatic rings. The minimum absolute atomic E-state index is 0.133. The van der Waals surface area contributed by atoms with Gasteiger partial charge < -0.3 is 18.9 Å². The van der Waals surface area contributed by atoms with E-state index >= 15 is 0 Å². The fourth-order valence-electron chi connectivity index (χ4n) is 4.68. The van der Waals surface area contributed by atoms with Crippen molar-refractivity contribution in [2.24, 2.45) is 4.99 Å². The first-order chi connectivity index (χ1) is 18.6. The normalized spacial score (nSPS) is 16.1. The van der Waals surface area contributed by atoms with Gasteiger partial charge in [-0.05, 0) is 82.0 Å². The molecule has 0 aliphatic carbocycles. The van der Waals surface area contributed by atoms with Crippen molar-refractivity contribution < 1.29 is 18.8 Å². The van der Waals surface area contributed by atoms with E-state index in [1.165, 1.54) is 5.56 Å². The van der Waals surface area contributed by atoms with Crippen LogP contribution in [0.3, 0.4) is 0 Å². The van der Waals surface area contributed by atoms with Crippen LogP contribution >= 0.6 is 0 Å². The van der Waals surface area contributed by atoms with Crippen LogP contribution in [0.4, 0.5) is 4.79 Å².